The van der Waals surface area contributed by atoms with Crippen LogP contribution in [0.15, 0.2) is 12.2 Å². The van der Waals surface area contributed by atoms with E-state index in [4.69, 9.17) is 5.11 Å². The molecule has 0 fully saturated rings. The van der Waals surface area contributed by atoms with Gasteiger partial charge in [-0.3, -0.25) is 4.79 Å². The number of hydrogen-bond donors (Lipinski definition) is 1. The van der Waals surface area contributed by atoms with E-state index in [2.05, 4.69) is 0 Å². The summed E-state index contributed by atoms with van der Waals surface area (Å²) in [6, 6.07) is 0. The van der Waals surface area contributed by atoms with Crippen molar-refractivity contribution in [3.8, 4) is 0 Å². The SMILES string of the molecule is CC(C)(C=CC=O)CO. The molecule has 52 valence electrons. The van der Waals surface area contributed by atoms with Crippen LogP contribution >= 0.6 is 0 Å². The van der Waals surface area contributed by atoms with Crippen molar-refractivity contribution in [1.82, 2.24) is 0 Å². The Hall–Kier alpha value is -0.630. The summed E-state index contributed by atoms with van der Waals surface area (Å²) in [6.07, 6.45) is 3.79. The molecule has 0 aliphatic carbocycles. The smallest absolute Gasteiger partial charge is 0.142 e. The molecular weight excluding hydrogens is 116 g/mol. The topological polar surface area (TPSA) is 37.3 Å². The lowest BCUT2D eigenvalue weighted by molar-refractivity contribution is -0.104. The molecule has 9 heavy (non-hydrogen) atoms. The zero-order valence-corrected chi connectivity index (χ0v) is 5.79. The normalized spacial score (nSPS) is 12.3. The fourth-order valence-corrected chi connectivity index (χ4v) is 0.352. The van der Waals surface area contributed by atoms with Gasteiger partial charge in [0.15, 0.2) is 0 Å². The molecule has 0 aromatic rings. The third-order valence-corrected chi connectivity index (χ3v) is 1.03. The van der Waals surface area contributed by atoms with Crippen molar-refractivity contribution in [2.45, 2.75) is 13.8 Å². The van der Waals surface area contributed by atoms with Crippen molar-refractivity contribution in [2.24, 2.45) is 5.41 Å². The number of hydrogen-bond acceptors (Lipinski definition) is 2. The van der Waals surface area contributed by atoms with Crippen LogP contribution in [-0.4, -0.2) is 18.0 Å². The summed E-state index contributed by atoms with van der Waals surface area (Å²) in [5, 5.41) is 8.65. The molecule has 2 nitrogen and oxygen atoms in total. The lowest BCUT2D eigenvalue weighted by Gasteiger charge is -2.14. The molecule has 0 aliphatic rings. The highest BCUT2D eigenvalue weighted by Crippen LogP contribution is 2.14. The molecule has 0 radical (unpaired) electrons. The van der Waals surface area contributed by atoms with Gasteiger partial charge in [-0.2, -0.15) is 0 Å². The van der Waals surface area contributed by atoms with E-state index < -0.39 is 0 Å². The van der Waals surface area contributed by atoms with Gasteiger partial charge in [-0.15, -0.1) is 0 Å². The van der Waals surface area contributed by atoms with Crippen LogP contribution in [0.2, 0.25) is 0 Å². The van der Waals surface area contributed by atoms with E-state index >= 15 is 0 Å². The van der Waals surface area contributed by atoms with Crippen LogP contribution < -0.4 is 0 Å². The lowest BCUT2D eigenvalue weighted by atomic mass is 9.95. The Kier molecular flexibility index (Phi) is 3.17. The Labute approximate surface area is 55.2 Å². The third kappa shape index (κ3) is 3.91. The summed E-state index contributed by atoms with van der Waals surface area (Å²) in [5.41, 5.74) is -0.263. The lowest BCUT2D eigenvalue weighted by Crippen LogP contribution is -2.12. The van der Waals surface area contributed by atoms with Crippen molar-refractivity contribution < 1.29 is 9.90 Å². The van der Waals surface area contributed by atoms with Crippen molar-refractivity contribution in [3.05, 3.63) is 12.2 Å². The molecule has 0 atom stereocenters. The van der Waals surface area contributed by atoms with E-state index in [0.29, 0.717) is 6.29 Å². The molecule has 0 saturated heterocycles. The van der Waals surface area contributed by atoms with E-state index in [0.717, 1.165) is 0 Å². The second-order valence-corrected chi connectivity index (χ2v) is 2.64. The van der Waals surface area contributed by atoms with Gasteiger partial charge in [0.25, 0.3) is 0 Å². The van der Waals surface area contributed by atoms with Gasteiger partial charge in [0.2, 0.25) is 0 Å². The van der Waals surface area contributed by atoms with Gasteiger partial charge < -0.3 is 5.11 Å². The molecule has 0 unspecified atom stereocenters. The Bertz CT molecular complexity index is 114. The second-order valence-electron chi connectivity index (χ2n) is 2.64. The molecule has 1 N–H and O–H groups in total. The van der Waals surface area contributed by atoms with Crippen molar-refractivity contribution >= 4 is 6.29 Å². The standard InChI is InChI=1S/C7H12O2/c1-7(2,6-9)4-3-5-8/h3-5,9H,6H2,1-2H3. The van der Waals surface area contributed by atoms with Crippen LogP contribution in [-0.2, 0) is 4.79 Å². The monoisotopic (exact) mass is 128 g/mol. The van der Waals surface area contributed by atoms with E-state index in [9.17, 15) is 4.79 Å². The Morgan fingerprint density at radius 2 is 2.11 bits per heavy atom. The highest BCUT2D eigenvalue weighted by molar-refractivity contribution is 5.64. The molecule has 0 aliphatic heterocycles. The number of aliphatic hydroxyl groups excluding tert-OH is 1. The summed E-state index contributed by atoms with van der Waals surface area (Å²) in [5.74, 6) is 0. The number of rotatable bonds is 3. The minimum Gasteiger partial charge on any atom is -0.395 e. The molecule has 0 saturated carbocycles. The van der Waals surface area contributed by atoms with Gasteiger partial charge in [-0.25, -0.2) is 0 Å². The molecule has 0 heterocycles. The van der Waals surface area contributed by atoms with Crippen LogP contribution in [0.4, 0.5) is 0 Å². The average Bonchev–Trinajstić information content (AvgIpc) is 1.84. The maximum absolute atomic E-state index is 9.80. The van der Waals surface area contributed by atoms with Gasteiger partial charge in [0, 0.05) is 5.41 Å². The first kappa shape index (κ1) is 8.37. The highest BCUT2D eigenvalue weighted by Gasteiger charge is 2.09. The summed E-state index contributed by atoms with van der Waals surface area (Å²) < 4.78 is 0. The van der Waals surface area contributed by atoms with E-state index in [1.54, 1.807) is 6.08 Å². The molecule has 0 amide bonds. The maximum Gasteiger partial charge on any atom is 0.142 e. The van der Waals surface area contributed by atoms with Gasteiger partial charge in [-0.05, 0) is 6.08 Å². The minimum absolute atomic E-state index is 0.0668. The quantitative estimate of drug-likeness (QED) is 0.450. The fraction of sp³-hybridized carbons (Fsp3) is 0.571. The first-order valence-electron chi connectivity index (χ1n) is 2.86. The molecule has 0 bridgehead atoms. The number of allylic oxidation sites excluding steroid dienone is 1. The Morgan fingerprint density at radius 3 is 2.44 bits per heavy atom. The van der Waals surface area contributed by atoms with E-state index in [1.165, 1.54) is 6.08 Å². The number of aliphatic hydroxyl groups is 1. The summed E-state index contributed by atoms with van der Waals surface area (Å²) in [7, 11) is 0. The van der Waals surface area contributed by atoms with Gasteiger partial charge in [0.05, 0.1) is 6.61 Å². The van der Waals surface area contributed by atoms with E-state index in [1.807, 2.05) is 13.8 Å². The molecule has 0 aromatic carbocycles. The number of carbonyl (C=O) groups is 1. The number of carbonyl (C=O) groups excluding carboxylic acids is 1. The number of aldehydes is 1. The first-order valence-corrected chi connectivity index (χ1v) is 2.86. The van der Waals surface area contributed by atoms with E-state index in [-0.39, 0.29) is 12.0 Å². The van der Waals surface area contributed by atoms with Gasteiger partial charge in [-0.1, -0.05) is 19.9 Å². The van der Waals surface area contributed by atoms with Crippen molar-refractivity contribution in [1.29, 1.82) is 0 Å². The van der Waals surface area contributed by atoms with Crippen LogP contribution in [0.1, 0.15) is 13.8 Å². The molecule has 0 spiro atoms. The molecule has 2 heteroatoms. The second kappa shape index (κ2) is 3.41. The van der Waals surface area contributed by atoms with Gasteiger partial charge >= 0.3 is 0 Å². The summed E-state index contributed by atoms with van der Waals surface area (Å²) >= 11 is 0. The Morgan fingerprint density at radius 1 is 1.56 bits per heavy atom. The largest absolute Gasteiger partial charge is 0.395 e. The molecule has 0 rings (SSSR count). The van der Waals surface area contributed by atoms with Crippen molar-refractivity contribution in [2.75, 3.05) is 6.61 Å². The predicted molar refractivity (Wildman–Crippen MR) is 36.1 cm³/mol. The zero-order valence-electron chi connectivity index (χ0n) is 5.79. The van der Waals surface area contributed by atoms with Gasteiger partial charge in [0.1, 0.15) is 6.29 Å². The summed E-state index contributed by atoms with van der Waals surface area (Å²) in [6.45, 7) is 3.78. The predicted octanol–water partition coefficient (Wildman–Crippen LogP) is 0.760. The summed E-state index contributed by atoms with van der Waals surface area (Å²) in [4.78, 5) is 9.80. The van der Waals surface area contributed by atoms with Crippen molar-refractivity contribution in [3.63, 3.8) is 0 Å². The first-order chi connectivity index (χ1) is 4.12. The minimum atomic E-state index is -0.263. The van der Waals surface area contributed by atoms with Crippen LogP contribution in [0, 0.1) is 5.41 Å². The average molecular weight is 128 g/mol. The maximum atomic E-state index is 9.80. The highest BCUT2D eigenvalue weighted by atomic mass is 16.3. The zero-order chi connectivity index (χ0) is 7.33. The Balaban J connectivity index is 3.84. The molecular formula is C7H12O2. The molecule has 0 aromatic heterocycles. The van der Waals surface area contributed by atoms with Crippen LogP contribution in [0.25, 0.3) is 0 Å². The van der Waals surface area contributed by atoms with Crippen LogP contribution in [0.5, 0.6) is 0 Å². The van der Waals surface area contributed by atoms with Crippen LogP contribution in [0.3, 0.4) is 0 Å². The fourth-order valence-electron chi connectivity index (χ4n) is 0.352. The third-order valence-electron chi connectivity index (χ3n) is 1.03.